The van der Waals surface area contributed by atoms with Crippen LogP contribution in [0.4, 0.5) is 0 Å². The van der Waals surface area contributed by atoms with Crippen LogP contribution in [-0.2, 0) is 4.79 Å². The van der Waals surface area contributed by atoms with Gasteiger partial charge in [-0.1, -0.05) is 0 Å². The van der Waals surface area contributed by atoms with E-state index in [0.29, 0.717) is 12.3 Å². The summed E-state index contributed by atoms with van der Waals surface area (Å²) in [7, 11) is 0. The summed E-state index contributed by atoms with van der Waals surface area (Å²) in [6.45, 7) is 1.38. The van der Waals surface area contributed by atoms with Gasteiger partial charge in [-0.15, -0.1) is 24.2 Å². The van der Waals surface area contributed by atoms with E-state index in [9.17, 15) is 9.90 Å². The van der Waals surface area contributed by atoms with Gasteiger partial charge in [-0.25, -0.2) is 0 Å². The molecule has 1 aliphatic heterocycles. The van der Waals surface area contributed by atoms with Crippen LogP contribution in [0.3, 0.4) is 0 Å². The Morgan fingerprint density at radius 2 is 2.11 bits per heavy atom. The summed E-state index contributed by atoms with van der Waals surface area (Å²) in [6, 6.07) is 7.12. The van der Waals surface area contributed by atoms with E-state index in [0.717, 1.165) is 24.3 Å². The number of thioether (sulfide) groups is 1. The van der Waals surface area contributed by atoms with Crippen LogP contribution in [0.15, 0.2) is 29.2 Å². The summed E-state index contributed by atoms with van der Waals surface area (Å²) in [5.74, 6) is 0.829. The molecule has 1 atom stereocenters. The first-order valence-electron chi connectivity index (χ1n) is 6.12. The lowest BCUT2D eigenvalue weighted by atomic mass is 10.2. The van der Waals surface area contributed by atoms with Gasteiger partial charge < -0.3 is 15.7 Å². The number of amides is 1. The first-order valence-corrected chi connectivity index (χ1v) is 7.10. The molecule has 3 N–H and O–H groups in total. The highest BCUT2D eigenvalue weighted by Crippen LogP contribution is 2.23. The molecule has 0 bridgehead atoms. The van der Waals surface area contributed by atoms with E-state index in [1.54, 1.807) is 12.1 Å². The number of carbonyl (C=O) groups is 1. The van der Waals surface area contributed by atoms with E-state index in [-0.39, 0.29) is 30.1 Å². The lowest BCUT2D eigenvalue weighted by Gasteiger charge is -2.23. The molecule has 1 saturated heterocycles. The molecule has 1 amide bonds. The first-order chi connectivity index (χ1) is 8.70. The summed E-state index contributed by atoms with van der Waals surface area (Å²) in [5, 5.41) is 9.18. The second-order valence-electron chi connectivity index (χ2n) is 4.40. The molecule has 6 heteroatoms. The van der Waals surface area contributed by atoms with Gasteiger partial charge in [-0.05, 0) is 37.1 Å². The number of likely N-dealkylation sites (tertiary alicyclic amines) is 1. The number of phenols is 1. The van der Waals surface area contributed by atoms with E-state index in [2.05, 4.69) is 0 Å². The normalized spacial score (nSPS) is 18.2. The molecule has 1 unspecified atom stereocenters. The quantitative estimate of drug-likeness (QED) is 0.833. The summed E-state index contributed by atoms with van der Waals surface area (Å²) >= 11 is 1.49. The van der Waals surface area contributed by atoms with E-state index in [1.165, 1.54) is 11.8 Å². The Hall–Kier alpha value is -0.910. The molecule has 4 nitrogen and oxygen atoms in total. The average molecular weight is 303 g/mol. The van der Waals surface area contributed by atoms with Crippen LogP contribution < -0.4 is 5.73 Å². The van der Waals surface area contributed by atoms with Gasteiger partial charge in [0.2, 0.25) is 5.91 Å². The highest BCUT2D eigenvalue weighted by molar-refractivity contribution is 8.00. The Kier molecular flexibility index (Phi) is 6.48. The lowest BCUT2D eigenvalue weighted by Crippen LogP contribution is -2.40. The van der Waals surface area contributed by atoms with Crippen LogP contribution in [0.1, 0.15) is 12.8 Å². The SMILES string of the molecule is Cl.NCC1CCCN1C(=O)CSc1ccc(O)cc1. The molecule has 0 spiro atoms. The summed E-state index contributed by atoms with van der Waals surface area (Å²) in [4.78, 5) is 14.9. The first kappa shape index (κ1) is 16.1. The second-order valence-corrected chi connectivity index (χ2v) is 5.45. The third-order valence-electron chi connectivity index (χ3n) is 3.17. The minimum atomic E-state index is 0. The molecule has 1 aromatic rings. The number of aromatic hydroxyl groups is 1. The van der Waals surface area contributed by atoms with Crippen LogP contribution in [0.2, 0.25) is 0 Å². The van der Waals surface area contributed by atoms with Crippen molar-refractivity contribution in [2.24, 2.45) is 5.73 Å². The van der Waals surface area contributed by atoms with Crippen LogP contribution in [-0.4, -0.2) is 40.8 Å². The van der Waals surface area contributed by atoms with Crippen molar-refractivity contribution in [2.45, 2.75) is 23.8 Å². The Morgan fingerprint density at radius 3 is 2.74 bits per heavy atom. The molecule has 1 heterocycles. The Balaban J connectivity index is 0.00000180. The minimum absolute atomic E-state index is 0. The Labute approximate surface area is 123 Å². The molecule has 1 aliphatic rings. The topological polar surface area (TPSA) is 66.6 Å². The van der Waals surface area contributed by atoms with Crippen LogP contribution in [0.25, 0.3) is 0 Å². The Morgan fingerprint density at radius 1 is 1.42 bits per heavy atom. The monoisotopic (exact) mass is 302 g/mol. The molecular formula is C13H19ClN2O2S. The van der Waals surface area contributed by atoms with E-state index < -0.39 is 0 Å². The zero-order valence-electron chi connectivity index (χ0n) is 10.6. The number of carbonyl (C=O) groups excluding carboxylic acids is 1. The van der Waals surface area contributed by atoms with E-state index in [1.807, 2.05) is 17.0 Å². The number of nitrogens with two attached hydrogens (primary N) is 1. The van der Waals surface area contributed by atoms with Crippen LogP contribution in [0, 0.1) is 0 Å². The van der Waals surface area contributed by atoms with Gasteiger partial charge in [0, 0.05) is 24.0 Å². The van der Waals surface area contributed by atoms with E-state index >= 15 is 0 Å². The number of phenolic OH excluding ortho intramolecular Hbond substituents is 1. The molecule has 1 aromatic carbocycles. The van der Waals surface area contributed by atoms with Crippen molar-refractivity contribution in [3.8, 4) is 5.75 Å². The largest absolute Gasteiger partial charge is 0.508 e. The average Bonchev–Trinajstić information content (AvgIpc) is 2.86. The zero-order chi connectivity index (χ0) is 13.0. The van der Waals surface area contributed by atoms with Crippen molar-refractivity contribution in [2.75, 3.05) is 18.8 Å². The summed E-state index contributed by atoms with van der Waals surface area (Å²) in [6.07, 6.45) is 2.07. The summed E-state index contributed by atoms with van der Waals surface area (Å²) in [5.41, 5.74) is 5.66. The molecule has 0 saturated carbocycles. The molecule has 0 aliphatic carbocycles. The fourth-order valence-corrected chi connectivity index (χ4v) is 2.96. The molecule has 2 rings (SSSR count). The van der Waals surface area contributed by atoms with Crippen molar-refractivity contribution in [3.05, 3.63) is 24.3 Å². The maximum atomic E-state index is 12.1. The number of halogens is 1. The third kappa shape index (κ3) is 4.30. The van der Waals surface area contributed by atoms with Gasteiger partial charge in [-0.2, -0.15) is 0 Å². The van der Waals surface area contributed by atoms with Crippen molar-refractivity contribution in [1.82, 2.24) is 4.90 Å². The van der Waals surface area contributed by atoms with Gasteiger partial charge in [0.05, 0.1) is 5.75 Å². The van der Waals surface area contributed by atoms with Gasteiger partial charge in [0.1, 0.15) is 5.75 Å². The number of rotatable bonds is 4. The van der Waals surface area contributed by atoms with Crippen molar-refractivity contribution in [1.29, 1.82) is 0 Å². The standard InChI is InChI=1S/C13H18N2O2S.ClH/c14-8-10-2-1-7-15(10)13(17)9-18-12-5-3-11(16)4-6-12;/h3-6,10,16H,1-2,7-9,14H2;1H. The minimum Gasteiger partial charge on any atom is -0.508 e. The number of nitrogens with zero attached hydrogens (tertiary/aromatic N) is 1. The fraction of sp³-hybridized carbons (Fsp3) is 0.462. The fourth-order valence-electron chi connectivity index (χ4n) is 2.18. The van der Waals surface area contributed by atoms with Gasteiger partial charge in [0.25, 0.3) is 0 Å². The van der Waals surface area contributed by atoms with Crippen LogP contribution >= 0.6 is 24.2 Å². The molecule has 0 radical (unpaired) electrons. The van der Waals surface area contributed by atoms with Gasteiger partial charge in [-0.3, -0.25) is 4.79 Å². The second kappa shape index (κ2) is 7.62. The van der Waals surface area contributed by atoms with Crippen LogP contribution in [0.5, 0.6) is 5.75 Å². The summed E-state index contributed by atoms with van der Waals surface area (Å²) < 4.78 is 0. The maximum Gasteiger partial charge on any atom is 0.233 e. The number of hydrogen-bond donors (Lipinski definition) is 2. The highest BCUT2D eigenvalue weighted by atomic mass is 35.5. The predicted molar refractivity (Wildman–Crippen MR) is 79.9 cm³/mol. The van der Waals surface area contributed by atoms with Crippen molar-refractivity contribution in [3.63, 3.8) is 0 Å². The number of hydrogen-bond acceptors (Lipinski definition) is 4. The van der Waals surface area contributed by atoms with Crippen molar-refractivity contribution >= 4 is 30.1 Å². The lowest BCUT2D eigenvalue weighted by molar-refractivity contribution is -0.128. The molecular weight excluding hydrogens is 284 g/mol. The molecule has 106 valence electrons. The number of benzene rings is 1. The molecule has 19 heavy (non-hydrogen) atoms. The Bertz CT molecular complexity index is 414. The predicted octanol–water partition coefficient (Wildman–Crippen LogP) is 1.86. The molecule has 1 fully saturated rings. The molecule has 0 aromatic heterocycles. The zero-order valence-corrected chi connectivity index (χ0v) is 12.3. The van der Waals surface area contributed by atoms with Crippen molar-refractivity contribution < 1.29 is 9.90 Å². The smallest absolute Gasteiger partial charge is 0.233 e. The third-order valence-corrected chi connectivity index (χ3v) is 4.17. The van der Waals surface area contributed by atoms with Gasteiger partial charge >= 0.3 is 0 Å². The van der Waals surface area contributed by atoms with E-state index in [4.69, 9.17) is 5.73 Å². The maximum absolute atomic E-state index is 12.1. The highest BCUT2D eigenvalue weighted by Gasteiger charge is 2.27. The van der Waals surface area contributed by atoms with Gasteiger partial charge in [0.15, 0.2) is 0 Å².